The SMILES string of the molecule is Cc1cc(C)c(CN2CCc3c(Cl)cc(OC4CCN(C(=O)C(C)O)CC4)c(Cl)c3C2=O)c(=O)[nH]1. The number of amides is 2. The van der Waals surface area contributed by atoms with E-state index in [-0.39, 0.29) is 35.0 Å². The number of nitrogens with one attached hydrogen (secondary N) is 1. The number of halogens is 2. The van der Waals surface area contributed by atoms with E-state index in [0.717, 1.165) is 11.3 Å². The molecule has 0 radical (unpaired) electrons. The summed E-state index contributed by atoms with van der Waals surface area (Å²) in [4.78, 5) is 44.0. The molecule has 4 rings (SSSR count). The van der Waals surface area contributed by atoms with Gasteiger partial charge in [0.15, 0.2) is 0 Å². The molecule has 1 fully saturated rings. The number of carbonyl (C=O) groups is 2. The Balaban J connectivity index is 1.53. The number of H-pyrrole nitrogens is 1. The zero-order valence-corrected chi connectivity index (χ0v) is 21.5. The smallest absolute Gasteiger partial charge is 0.256 e. The van der Waals surface area contributed by atoms with Gasteiger partial charge in [-0.05, 0) is 44.4 Å². The van der Waals surface area contributed by atoms with Crippen molar-refractivity contribution in [1.29, 1.82) is 0 Å². The van der Waals surface area contributed by atoms with Crippen LogP contribution in [-0.2, 0) is 17.8 Å². The zero-order chi connectivity index (χ0) is 25.4. The fraction of sp³-hybridized carbons (Fsp3) is 0.480. The summed E-state index contributed by atoms with van der Waals surface area (Å²) < 4.78 is 6.13. The lowest BCUT2D eigenvalue weighted by atomic mass is 9.97. The molecule has 188 valence electrons. The molecule has 0 spiro atoms. The predicted octanol–water partition coefficient (Wildman–Crippen LogP) is 3.25. The van der Waals surface area contributed by atoms with Crippen molar-refractivity contribution in [1.82, 2.24) is 14.8 Å². The summed E-state index contributed by atoms with van der Waals surface area (Å²) >= 11 is 13.2. The molecule has 1 aromatic heterocycles. The Labute approximate surface area is 213 Å². The summed E-state index contributed by atoms with van der Waals surface area (Å²) in [6.07, 6.45) is 0.415. The zero-order valence-electron chi connectivity index (χ0n) is 20.0. The van der Waals surface area contributed by atoms with Gasteiger partial charge in [0.25, 0.3) is 17.4 Å². The topological polar surface area (TPSA) is 103 Å². The van der Waals surface area contributed by atoms with Crippen molar-refractivity contribution in [3.05, 3.63) is 60.5 Å². The molecule has 35 heavy (non-hydrogen) atoms. The Kier molecular flexibility index (Phi) is 7.45. The summed E-state index contributed by atoms with van der Waals surface area (Å²) in [5.74, 6) is -0.262. The monoisotopic (exact) mass is 521 g/mol. The van der Waals surface area contributed by atoms with Crippen LogP contribution in [0.15, 0.2) is 16.9 Å². The molecule has 2 aliphatic rings. The summed E-state index contributed by atoms with van der Waals surface area (Å²) in [7, 11) is 0. The van der Waals surface area contributed by atoms with Crippen LogP contribution in [0.2, 0.25) is 10.0 Å². The standard InChI is InChI=1S/C25H29Cl2N3O5/c1-13-10-14(2)28-23(32)18(13)12-30-9-6-17-19(26)11-20(22(27)21(17)25(30)34)35-16-4-7-29(8-5-16)24(33)15(3)31/h10-11,15-16,31H,4-9,12H2,1-3H3,(H,28,32). The molecule has 2 N–H and O–H groups in total. The second-order valence-electron chi connectivity index (χ2n) is 9.26. The van der Waals surface area contributed by atoms with Gasteiger partial charge >= 0.3 is 0 Å². The molecular weight excluding hydrogens is 493 g/mol. The third-order valence-corrected chi connectivity index (χ3v) is 7.38. The molecule has 3 heterocycles. The Morgan fingerprint density at radius 1 is 1.20 bits per heavy atom. The van der Waals surface area contributed by atoms with E-state index in [9.17, 15) is 19.5 Å². The highest BCUT2D eigenvalue weighted by Gasteiger charge is 2.33. The summed E-state index contributed by atoms with van der Waals surface area (Å²) in [5, 5.41) is 10.1. The van der Waals surface area contributed by atoms with Crippen molar-refractivity contribution < 1.29 is 19.4 Å². The van der Waals surface area contributed by atoms with Crippen LogP contribution in [0.3, 0.4) is 0 Å². The number of nitrogens with zero attached hydrogens (tertiary/aromatic N) is 2. The maximum absolute atomic E-state index is 13.5. The third kappa shape index (κ3) is 5.20. The van der Waals surface area contributed by atoms with Crippen molar-refractivity contribution in [2.24, 2.45) is 0 Å². The van der Waals surface area contributed by atoms with Crippen molar-refractivity contribution in [2.45, 2.75) is 58.8 Å². The lowest BCUT2D eigenvalue weighted by Crippen LogP contribution is -2.45. The number of hydrogen-bond acceptors (Lipinski definition) is 5. The highest BCUT2D eigenvalue weighted by Crippen LogP contribution is 2.40. The molecule has 0 aliphatic carbocycles. The number of aliphatic hydroxyl groups is 1. The van der Waals surface area contributed by atoms with E-state index in [1.54, 1.807) is 15.9 Å². The van der Waals surface area contributed by atoms with Crippen LogP contribution in [0.4, 0.5) is 0 Å². The van der Waals surface area contributed by atoms with Crippen molar-refractivity contribution in [2.75, 3.05) is 19.6 Å². The summed E-state index contributed by atoms with van der Waals surface area (Å²) in [6.45, 7) is 6.65. The second-order valence-corrected chi connectivity index (χ2v) is 10.0. The van der Waals surface area contributed by atoms with E-state index < -0.39 is 6.10 Å². The molecule has 1 atom stereocenters. The number of carbonyl (C=O) groups excluding carboxylic acids is 2. The van der Waals surface area contributed by atoms with Gasteiger partial charge in [-0.15, -0.1) is 0 Å². The number of aryl methyl sites for hydroxylation is 2. The maximum atomic E-state index is 13.5. The molecule has 8 nitrogen and oxygen atoms in total. The van der Waals surface area contributed by atoms with E-state index in [4.69, 9.17) is 27.9 Å². The van der Waals surface area contributed by atoms with Crippen LogP contribution in [0.1, 0.15) is 52.5 Å². The van der Waals surface area contributed by atoms with Gasteiger partial charge in [0.2, 0.25) is 0 Å². The predicted molar refractivity (Wildman–Crippen MR) is 133 cm³/mol. The normalized spacial score (nSPS) is 17.4. The highest BCUT2D eigenvalue weighted by atomic mass is 35.5. The van der Waals surface area contributed by atoms with E-state index in [1.165, 1.54) is 6.92 Å². The Morgan fingerprint density at radius 3 is 2.51 bits per heavy atom. The number of likely N-dealkylation sites (tertiary alicyclic amines) is 1. The minimum atomic E-state index is -1.03. The number of aromatic nitrogens is 1. The number of aromatic amines is 1. The first-order valence-electron chi connectivity index (χ1n) is 11.7. The Bertz CT molecular complexity index is 1220. The average Bonchev–Trinajstić information content (AvgIpc) is 2.80. The van der Waals surface area contributed by atoms with Crippen molar-refractivity contribution in [3.8, 4) is 5.75 Å². The van der Waals surface area contributed by atoms with Gasteiger partial charge in [-0.25, -0.2) is 0 Å². The van der Waals surface area contributed by atoms with Crippen LogP contribution >= 0.6 is 23.2 Å². The second kappa shape index (κ2) is 10.2. The Morgan fingerprint density at radius 2 is 1.89 bits per heavy atom. The van der Waals surface area contributed by atoms with Crippen LogP contribution in [-0.4, -0.2) is 63.5 Å². The highest BCUT2D eigenvalue weighted by molar-refractivity contribution is 6.38. The number of hydrogen-bond donors (Lipinski definition) is 2. The molecule has 10 heteroatoms. The first-order valence-corrected chi connectivity index (χ1v) is 12.5. The Hall–Kier alpha value is -2.55. The number of aliphatic hydroxyl groups excluding tert-OH is 1. The molecule has 1 aromatic carbocycles. The number of pyridine rings is 1. The van der Waals surface area contributed by atoms with Crippen molar-refractivity contribution >= 4 is 35.0 Å². The molecule has 0 saturated carbocycles. The lowest BCUT2D eigenvalue weighted by molar-refractivity contribution is -0.141. The fourth-order valence-electron chi connectivity index (χ4n) is 4.76. The van der Waals surface area contributed by atoms with Gasteiger partial charge in [0, 0.05) is 54.8 Å². The van der Waals surface area contributed by atoms with E-state index in [0.29, 0.717) is 66.4 Å². The van der Waals surface area contributed by atoms with Gasteiger partial charge in [-0.3, -0.25) is 14.4 Å². The molecule has 2 amide bonds. The van der Waals surface area contributed by atoms with Crippen LogP contribution in [0.5, 0.6) is 5.75 Å². The summed E-state index contributed by atoms with van der Waals surface area (Å²) in [6, 6.07) is 3.53. The van der Waals surface area contributed by atoms with Gasteiger partial charge in [0.05, 0.1) is 17.1 Å². The maximum Gasteiger partial charge on any atom is 0.256 e. The first kappa shape index (κ1) is 25.5. The minimum Gasteiger partial charge on any atom is -0.489 e. The van der Waals surface area contributed by atoms with Crippen molar-refractivity contribution in [3.63, 3.8) is 0 Å². The van der Waals surface area contributed by atoms with E-state index in [2.05, 4.69) is 4.98 Å². The number of ether oxygens (including phenoxy) is 1. The number of piperidine rings is 1. The molecule has 0 bridgehead atoms. The van der Waals surface area contributed by atoms with E-state index >= 15 is 0 Å². The van der Waals surface area contributed by atoms with Gasteiger partial charge in [-0.1, -0.05) is 23.2 Å². The molecule has 2 aromatic rings. The number of rotatable bonds is 5. The lowest BCUT2D eigenvalue weighted by Gasteiger charge is -2.34. The number of benzene rings is 1. The molecule has 1 unspecified atom stereocenters. The third-order valence-electron chi connectivity index (χ3n) is 6.66. The van der Waals surface area contributed by atoms with Gasteiger partial charge in [0.1, 0.15) is 18.0 Å². The average molecular weight is 522 g/mol. The van der Waals surface area contributed by atoms with E-state index in [1.807, 2.05) is 19.9 Å². The largest absolute Gasteiger partial charge is 0.489 e. The van der Waals surface area contributed by atoms with Gasteiger partial charge in [-0.2, -0.15) is 0 Å². The van der Waals surface area contributed by atoms with Crippen LogP contribution in [0.25, 0.3) is 0 Å². The van der Waals surface area contributed by atoms with Crippen LogP contribution in [0, 0.1) is 13.8 Å². The van der Waals surface area contributed by atoms with Crippen LogP contribution < -0.4 is 10.3 Å². The fourth-order valence-corrected chi connectivity index (χ4v) is 5.34. The summed E-state index contributed by atoms with van der Waals surface area (Å²) in [5.41, 5.74) is 2.92. The first-order chi connectivity index (χ1) is 16.6. The molecule has 1 saturated heterocycles. The molecular formula is C25H29Cl2N3O5. The minimum absolute atomic E-state index is 0.175. The van der Waals surface area contributed by atoms with Gasteiger partial charge < -0.3 is 24.6 Å². The molecule has 2 aliphatic heterocycles. The quantitative estimate of drug-likeness (QED) is 0.628. The number of fused-ring (bicyclic) bond motifs is 1.